The molecule has 1 aromatic carbocycles. The second-order valence-corrected chi connectivity index (χ2v) is 4.75. The molecule has 0 aliphatic heterocycles. The molecule has 0 aliphatic rings. The number of hydrogen-bond donors (Lipinski definition) is 3. The van der Waals surface area contributed by atoms with Crippen molar-refractivity contribution in [1.29, 1.82) is 0 Å². The molecule has 0 aliphatic carbocycles. The van der Waals surface area contributed by atoms with Crippen LogP contribution in [0.25, 0.3) is 0 Å². The van der Waals surface area contributed by atoms with E-state index in [1.54, 1.807) is 24.3 Å². The average molecular weight is 301 g/mol. The fourth-order valence-electron chi connectivity index (χ4n) is 1.91. The number of carbonyl (C=O) groups excluding carboxylic acids is 3. The molecule has 6 heteroatoms. The van der Waals surface area contributed by atoms with Gasteiger partial charge in [-0.3, -0.25) is 14.4 Å². The number of nitrogens with two attached hydrogens (primary N) is 1. The van der Waals surface area contributed by atoms with E-state index >= 15 is 0 Å². The molecule has 0 spiro atoms. The van der Waals surface area contributed by atoms with Crippen LogP contribution in [0, 0.1) is 12.3 Å². The van der Waals surface area contributed by atoms with Gasteiger partial charge in [-0.15, -0.1) is 12.3 Å². The number of rotatable bonds is 7. The van der Waals surface area contributed by atoms with E-state index in [2.05, 4.69) is 16.6 Å². The second kappa shape index (κ2) is 8.47. The number of benzene rings is 1. The maximum Gasteiger partial charge on any atom is 0.254 e. The summed E-state index contributed by atoms with van der Waals surface area (Å²) in [6.45, 7) is 1.35. The van der Waals surface area contributed by atoms with Crippen LogP contribution in [0.4, 0.5) is 5.69 Å². The van der Waals surface area contributed by atoms with Gasteiger partial charge in [0.25, 0.3) is 5.91 Å². The van der Waals surface area contributed by atoms with Crippen LogP contribution in [-0.4, -0.2) is 23.8 Å². The van der Waals surface area contributed by atoms with E-state index in [1.807, 2.05) is 0 Å². The van der Waals surface area contributed by atoms with Crippen LogP contribution in [0.1, 0.15) is 36.5 Å². The number of primary amides is 1. The molecule has 1 rings (SSSR count). The minimum Gasteiger partial charge on any atom is -0.368 e. The predicted molar refractivity (Wildman–Crippen MR) is 83.9 cm³/mol. The van der Waals surface area contributed by atoms with Gasteiger partial charge in [0.05, 0.1) is 11.3 Å². The lowest BCUT2D eigenvalue weighted by Crippen LogP contribution is -2.44. The topological polar surface area (TPSA) is 101 Å². The number of carbonyl (C=O) groups is 3. The summed E-state index contributed by atoms with van der Waals surface area (Å²) in [6.07, 6.45) is 6.61. The van der Waals surface area contributed by atoms with Crippen LogP contribution in [-0.2, 0) is 9.59 Å². The van der Waals surface area contributed by atoms with Crippen molar-refractivity contribution in [2.45, 2.75) is 32.2 Å². The third kappa shape index (κ3) is 5.29. The van der Waals surface area contributed by atoms with Crippen molar-refractivity contribution in [3.05, 3.63) is 29.8 Å². The average Bonchev–Trinajstić information content (AvgIpc) is 2.46. The minimum atomic E-state index is -0.800. The number of terminal acetylenes is 1. The van der Waals surface area contributed by atoms with Crippen LogP contribution in [0.15, 0.2) is 24.3 Å². The zero-order valence-electron chi connectivity index (χ0n) is 12.4. The predicted octanol–water partition coefficient (Wildman–Crippen LogP) is 1.03. The van der Waals surface area contributed by atoms with Gasteiger partial charge in [-0.2, -0.15) is 0 Å². The zero-order chi connectivity index (χ0) is 16.5. The number of hydrogen-bond acceptors (Lipinski definition) is 3. The number of para-hydroxylation sites is 1. The van der Waals surface area contributed by atoms with Crippen LogP contribution in [0.2, 0.25) is 0 Å². The molecule has 22 heavy (non-hydrogen) atoms. The van der Waals surface area contributed by atoms with E-state index in [0.717, 1.165) is 0 Å². The Labute approximate surface area is 129 Å². The molecule has 0 saturated carbocycles. The van der Waals surface area contributed by atoms with Crippen LogP contribution < -0.4 is 16.4 Å². The lowest BCUT2D eigenvalue weighted by atomic mass is 10.1. The summed E-state index contributed by atoms with van der Waals surface area (Å²) in [4.78, 5) is 34.9. The highest BCUT2D eigenvalue weighted by atomic mass is 16.2. The summed E-state index contributed by atoms with van der Waals surface area (Å²) >= 11 is 0. The third-order valence-electron chi connectivity index (χ3n) is 2.95. The van der Waals surface area contributed by atoms with Gasteiger partial charge in [0, 0.05) is 13.3 Å². The second-order valence-electron chi connectivity index (χ2n) is 4.75. The summed E-state index contributed by atoms with van der Waals surface area (Å²) in [6, 6.07) is 5.72. The van der Waals surface area contributed by atoms with Crippen molar-refractivity contribution in [1.82, 2.24) is 5.32 Å². The van der Waals surface area contributed by atoms with Gasteiger partial charge < -0.3 is 16.4 Å². The Morgan fingerprint density at radius 3 is 2.59 bits per heavy atom. The van der Waals surface area contributed by atoms with Crippen LogP contribution >= 0.6 is 0 Å². The summed E-state index contributed by atoms with van der Waals surface area (Å²) in [5.41, 5.74) is 5.93. The number of amides is 3. The molecule has 0 unspecified atom stereocenters. The molecular formula is C16H19N3O3. The Kier molecular flexibility index (Phi) is 6.64. The third-order valence-corrected chi connectivity index (χ3v) is 2.95. The van der Waals surface area contributed by atoms with Crippen molar-refractivity contribution in [3.63, 3.8) is 0 Å². The molecule has 0 saturated heterocycles. The van der Waals surface area contributed by atoms with E-state index in [9.17, 15) is 14.4 Å². The van der Waals surface area contributed by atoms with E-state index in [0.29, 0.717) is 24.9 Å². The Bertz CT molecular complexity index is 605. The van der Waals surface area contributed by atoms with E-state index < -0.39 is 17.9 Å². The van der Waals surface area contributed by atoms with E-state index in [4.69, 9.17) is 12.2 Å². The summed E-state index contributed by atoms with van der Waals surface area (Å²) in [5.74, 6) is 1.07. The van der Waals surface area contributed by atoms with Gasteiger partial charge >= 0.3 is 0 Å². The standard InChI is InChI=1S/C16H19N3O3/c1-3-4-5-10-14(15(17)21)19-16(22)12-8-6-7-9-13(12)18-11(2)20/h1,6-9,14H,4-5,10H2,2H3,(H2,17,21)(H,18,20)(H,19,22)/t14-/m1/s1. The van der Waals surface area contributed by atoms with E-state index in [-0.39, 0.29) is 11.5 Å². The number of nitrogens with one attached hydrogen (secondary N) is 2. The van der Waals surface area contributed by atoms with Crippen LogP contribution in [0.5, 0.6) is 0 Å². The number of unbranched alkanes of at least 4 members (excludes halogenated alkanes) is 1. The normalized spacial score (nSPS) is 11.1. The Hall–Kier alpha value is -2.81. The molecule has 1 aromatic rings. The van der Waals surface area contributed by atoms with Gasteiger partial charge in [-0.05, 0) is 25.0 Å². The first-order valence-corrected chi connectivity index (χ1v) is 6.86. The minimum absolute atomic E-state index is 0.265. The fourth-order valence-corrected chi connectivity index (χ4v) is 1.91. The van der Waals surface area contributed by atoms with Crippen molar-refractivity contribution in [2.24, 2.45) is 5.73 Å². The first-order valence-electron chi connectivity index (χ1n) is 6.86. The first-order chi connectivity index (χ1) is 10.5. The molecule has 0 aromatic heterocycles. The molecule has 1 atom stereocenters. The maximum absolute atomic E-state index is 12.3. The first kappa shape index (κ1) is 17.2. The molecular weight excluding hydrogens is 282 g/mol. The molecule has 6 nitrogen and oxygen atoms in total. The Morgan fingerprint density at radius 1 is 1.32 bits per heavy atom. The summed E-state index contributed by atoms with van der Waals surface area (Å²) in [7, 11) is 0. The summed E-state index contributed by atoms with van der Waals surface area (Å²) in [5, 5.41) is 5.14. The molecule has 4 N–H and O–H groups in total. The summed E-state index contributed by atoms with van der Waals surface area (Å²) < 4.78 is 0. The molecule has 0 heterocycles. The van der Waals surface area contributed by atoms with Crippen molar-refractivity contribution in [2.75, 3.05) is 5.32 Å². The van der Waals surface area contributed by atoms with Gasteiger partial charge in [-0.1, -0.05) is 12.1 Å². The highest BCUT2D eigenvalue weighted by Crippen LogP contribution is 2.15. The van der Waals surface area contributed by atoms with Crippen molar-refractivity contribution >= 4 is 23.4 Å². The molecule has 0 fully saturated rings. The fraction of sp³-hybridized carbons (Fsp3) is 0.312. The molecule has 0 bridgehead atoms. The van der Waals surface area contributed by atoms with Gasteiger partial charge in [0.1, 0.15) is 6.04 Å². The van der Waals surface area contributed by atoms with Gasteiger partial charge in [-0.25, -0.2) is 0 Å². The molecule has 0 radical (unpaired) electrons. The zero-order valence-corrected chi connectivity index (χ0v) is 12.4. The SMILES string of the molecule is C#CCCC[C@@H](NC(=O)c1ccccc1NC(C)=O)C(N)=O. The molecule has 116 valence electrons. The lowest BCUT2D eigenvalue weighted by Gasteiger charge is -2.16. The Balaban J connectivity index is 2.84. The Morgan fingerprint density at radius 2 is 2.00 bits per heavy atom. The smallest absolute Gasteiger partial charge is 0.254 e. The quantitative estimate of drug-likeness (QED) is 0.518. The highest BCUT2D eigenvalue weighted by molar-refractivity contribution is 6.04. The van der Waals surface area contributed by atoms with Gasteiger partial charge in [0.15, 0.2) is 0 Å². The van der Waals surface area contributed by atoms with Gasteiger partial charge in [0.2, 0.25) is 11.8 Å². The number of anilines is 1. The monoisotopic (exact) mass is 301 g/mol. The lowest BCUT2D eigenvalue weighted by molar-refractivity contribution is -0.120. The molecule has 3 amide bonds. The largest absolute Gasteiger partial charge is 0.368 e. The highest BCUT2D eigenvalue weighted by Gasteiger charge is 2.20. The van der Waals surface area contributed by atoms with Crippen LogP contribution in [0.3, 0.4) is 0 Å². The van der Waals surface area contributed by atoms with Crippen molar-refractivity contribution in [3.8, 4) is 12.3 Å². The van der Waals surface area contributed by atoms with E-state index in [1.165, 1.54) is 6.92 Å². The van der Waals surface area contributed by atoms with Crippen molar-refractivity contribution < 1.29 is 14.4 Å². The maximum atomic E-state index is 12.3.